The molecule has 0 aliphatic rings. The molecule has 2 aromatic carbocycles. The van der Waals surface area contributed by atoms with Crippen LogP contribution in [0.3, 0.4) is 0 Å². The summed E-state index contributed by atoms with van der Waals surface area (Å²) in [6.45, 7) is 5.67. The molecule has 176 valence electrons. The van der Waals surface area contributed by atoms with Crippen LogP contribution in [0.4, 0.5) is 0 Å². The number of nitrogens with zero attached hydrogens (tertiary/aromatic N) is 5. The molecule has 2 aromatic heterocycles. The molecule has 34 heavy (non-hydrogen) atoms. The summed E-state index contributed by atoms with van der Waals surface area (Å²) < 4.78 is 1.85. The zero-order valence-electron chi connectivity index (χ0n) is 19.5. The zero-order chi connectivity index (χ0) is 24.3. The number of hydrogen-bond donors (Lipinski definition) is 3. The molecule has 0 spiro atoms. The number of tetrazole rings is 1. The van der Waals surface area contributed by atoms with Gasteiger partial charge in [-0.1, -0.05) is 61.9 Å². The molecule has 0 saturated heterocycles. The molecule has 0 fully saturated rings. The summed E-state index contributed by atoms with van der Waals surface area (Å²) >= 11 is 0. The number of benzene rings is 2. The van der Waals surface area contributed by atoms with Crippen LogP contribution >= 0.6 is 0 Å². The van der Waals surface area contributed by atoms with Gasteiger partial charge in [-0.05, 0) is 47.4 Å². The summed E-state index contributed by atoms with van der Waals surface area (Å²) in [6.07, 6.45) is 2.49. The van der Waals surface area contributed by atoms with Crippen LogP contribution in [0.15, 0.2) is 48.5 Å². The number of hydrogen-bond acceptors (Lipinski definition) is 6. The third-order valence-corrected chi connectivity index (χ3v) is 5.72. The summed E-state index contributed by atoms with van der Waals surface area (Å²) in [6, 6.07) is 15.9. The van der Waals surface area contributed by atoms with Crippen molar-refractivity contribution in [2.24, 2.45) is 0 Å². The second-order valence-corrected chi connectivity index (χ2v) is 8.77. The molecule has 9 heteroatoms. The standard InChI is InChI=1S/C25H28N6O3/c1-4-5-10-20-26-21(24(32)33)22(25(2,3)34)31(20)15-16-11-13-17(14-12-16)18-8-6-7-9-19(18)23-27-29-30-28-23/h6-9,11-14,34H,4-5,10,15H2,1-3H3,(H,32,33)(H,27,28,29,30). The van der Waals surface area contributed by atoms with E-state index in [1.165, 1.54) is 0 Å². The predicted octanol–water partition coefficient (Wildman–Crippen LogP) is 4.05. The second-order valence-electron chi connectivity index (χ2n) is 8.77. The van der Waals surface area contributed by atoms with Crippen LogP contribution in [-0.4, -0.2) is 46.4 Å². The van der Waals surface area contributed by atoms with Crippen molar-refractivity contribution in [1.82, 2.24) is 30.2 Å². The minimum Gasteiger partial charge on any atom is -0.476 e. The van der Waals surface area contributed by atoms with Crippen molar-refractivity contribution < 1.29 is 15.0 Å². The Morgan fingerprint density at radius 1 is 1.09 bits per heavy atom. The number of nitrogens with one attached hydrogen (secondary N) is 1. The molecule has 0 aliphatic heterocycles. The monoisotopic (exact) mass is 460 g/mol. The molecule has 0 aliphatic carbocycles. The molecule has 0 radical (unpaired) electrons. The smallest absolute Gasteiger partial charge is 0.356 e. The van der Waals surface area contributed by atoms with E-state index in [2.05, 4.69) is 32.5 Å². The van der Waals surface area contributed by atoms with E-state index in [0.717, 1.165) is 35.1 Å². The molecule has 9 nitrogen and oxygen atoms in total. The number of H-pyrrole nitrogens is 1. The molecule has 2 heterocycles. The maximum atomic E-state index is 11.9. The number of aromatic amines is 1. The van der Waals surface area contributed by atoms with E-state index in [1.807, 2.05) is 53.1 Å². The highest BCUT2D eigenvalue weighted by Gasteiger charge is 2.31. The molecule has 0 saturated carbocycles. The van der Waals surface area contributed by atoms with Gasteiger partial charge in [0.05, 0.1) is 5.69 Å². The van der Waals surface area contributed by atoms with E-state index in [0.29, 0.717) is 30.3 Å². The Balaban J connectivity index is 1.70. The molecule has 0 bridgehead atoms. The van der Waals surface area contributed by atoms with Gasteiger partial charge in [0.25, 0.3) is 0 Å². The number of aliphatic hydroxyl groups is 1. The number of rotatable bonds is 9. The average molecular weight is 461 g/mol. The Morgan fingerprint density at radius 3 is 2.38 bits per heavy atom. The lowest BCUT2D eigenvalue weighted by Gasteiger charge is -2.22. The highest BCUT2D eigenvalue weighted by molar-refractivity contribution is 5.87. The number of carbonyl (C=O) groups is 1. The molecule has 4 rings (SSSR count). The van der Waals surface area contributed by atoms with Gasteiger partial charge in [-0.2, -0.15) is 0 Å². The largest absolute Gasteiger partial charge is 0.476 e. The van der Waals surface area contributed by atoms with Crippen molar-refractivity contribution in [3.8, 4) is 22.5 Å². The highest BCUT2D eigenvalue weighted by atomic mass is 16.4. The molecular formula is C25H28N6O3. The molecular weight excluding hydrogens is 432 g/mol. The van der Waals surface area contributed by atoms with Crippen LogP contribution in [0.25, 0.3) is 22.5 Å². The average Bonchev–Trinajstić information content (AvgIpc) is 3.47. The minimum atomic E-state index is -1.35. The number of aromatic carboxylic acids is 1. The quantitative estimate of drug-likeness (QED) is 0.343. The van der Waals surface area contributed by atoms with Crippen LogP contribution in [-0.2, 0) is 18.6 Å². The van der Waals surface area contributed by atoms with E-state index >= 15 is 0 Å². The summed E-state index contributed by atoms with van der Waals surface area (Å²) in [7, 11) is 0. The third kappa shape index (κ3) is 4.74. The Bertz CT molecular complexity index is 1270. The number of aryl methyl sites for hydroxylation is 1. The second kappa shape index (κ2) is 9.56. The number of imidazole rings is 1. The lowest BCUT2D eigenvalue weighted by atomic mass is 9.98. The van der Waals surface area contributed by atoms with E-state index in [-0.39, 0.29) is 5.69 Å². The van der Waals surface area contributed by atoms with Crippen molar-refractivity contribution in [2.45, 2.75) is 52.2 Å². The van der Waals surface area contributed by atoms with E-state index in [4.69, 9.17) is 0 Å². The van der Waals surface area contributed by atoms with Gasteiger partial charge in [-0.25, -0.2) is 14.9 Å². The molecule has 4 aromatic rings. The van der Waals surface area contributed by atoms with Crippen LogP contribution in [0, 0.1) is 0 Å². The van der Waals surface area contributed by atoms with Crippen LogP contribution in [0.1, 0.15) is 61.2 Å². The Kier molecular flexibility index (Phi) is 6.56. The van der Waals surface area contributed by atoms with Gasteiger partial charge in [-0.15, -0.1) is 5.10 Å². The van der Waals surface area contributed by atoms with Gasteiger partial charge in [0.2, 0.25) is 0 Å². The van der Waals surface area contributed by atoms with Crippen LogP contribution in [0.2, 0.25) is 0 Å². The number of aromatic nitrogens is 6. The topological polar surface area (TPSA) is 130 Å². The van der Waals surface area contributed by atoms with Crippen LogP contribution in [0.5, 0.6) is 0 Å². The van der Waals surface area contributed by atoms with Crippen molar-refractivity contribution in [1.29, 1.82) is 0 Å². The van der Waals surface area contributed by atoms with Gasteiger partial charge >= 0.3 is 5.97 Å². The highest BCUT2D eigenvalue weighted by Crippen LogP contribution is 2.31. The fourth-order valence-electron chi connectivity index (χ4n) is 4.15. The summed E-state index contributed by atoms with van der Waals surface area (Å²) in [5.41, 5.74) is 2.73. The van der Waals surface area contributed by atoms with Gasteiger partial charge in [0.1, 0.15) is 11.4 Å². The first-order valence-corrected chi connectivity index (χ1v) is 11.3. The summed E-state index contributed by atoms with van der Waals surface area (Å²) in [5, 5.41) is 34.7. The normalized spacial score (nSPS) is 11.6. The van der Waals surface area contributed by atoms with Crippen molar-refractivity contribution in [3.05, 3.63) is 71.3 Å². The Hall–Kier alpha value is -3.85. The molecule has 3 N–H and O–H groups in total. The van der Waals surface area contributed by atoms with Gasteiger partial charge in [0, 0.05) is 18.5 Å². The van der Waals surface area contributed by atoms with Gasteiger partial charge in [-0.3, -0.25) is 0 Å². The first-order chi connectivity index (χ1) is 16.3. The predicted molar refractivity (Wildman–Crippen MR) is 127 cm³/mol. The first-order valence-electron chi connectivity index (χ1n) is 11.3. The van der Waals surface area contributed by atoms with E-state index in [9.17, 15) is 15.0 Å². The zero-order valence-corrected chi connectivity index (χ0v) is 19.5. The maximum absolute atomic E-state index is 11.9. The first kappa shape index (κ1) is 23.3. The Morgan fingerprint density at radius 2 is 1.79 bits per heavy atom. The maximum Gasteiger partial charge on any atom is 0.356 e. The van der Waals surface area contributed by atoms with Crippen molar-refractivity contribution in [2.75, 3.05) is 0 Å². The van der Waals surface area contributed by atoms with Crippen molar-refractivity contribution >= 4 is 5.97 Å². The van der Waals surface area contributed by atoms with E-state index < -0.39 is 11.6 Å². The van der Waals surface area contributed by atoms with Gasteiger partial charge in [0.15, 0.2) is 11.5 Å². The number of unbranched alkanes of at least 4 members (excludes halogenated alkanes) is 1. The molecule has 0 unspecified atom stereocenters. The van der Waals surface area contributed by atoms with Gasteiger partial charge < -0.3 is 14.8 Å². The fourth-order valence-corrected chi connectivity index (χ4v) is 4.15. The Labute approximate surface area is 197 Å². The number of carboxylic acid groups (broad SMARTS) is 1. The lowest BCUT2D eigenvalue weighted by Crippen LogP contribution is -2.25. The summed E-state index contributed by atoms with van der Waals surface area (Å²) in [4.78, 5) is 16.3. The number of carboxylic acids is 1. The van der Waals surface area contributed by atoms with Crippen LogP contribution < -0.4 is 0 Å². The lowest BCUT2D eigenvalue weighted by molar-refractivity contribution is 0.0588. The molecule has 0 atom stereocenters. The third-order valence-electron chi connectivity index (χ3n) is 5.72. The SMILES string of the molecule is CCCCc1nc(C(=O)O)c(C(C)(C)O)n1Cc1ccc(-c2ccccc2-c2nnn[nH]2)cc1. The minimum absolute atomic E-state index is 0.0928. The summed E-state index contributed by atoms with van der Waals surface area (Å²) in [5.74, 6) is 0.126. The molecule has 0 amide bonds. The van der Waals surface area contributed by atoms with E-state index in [1.54, 1.807) is 13.8 Å². The van der Waals surface area contributed by atoms with Crippen molar-refractivity contribution in [3.63, 3.8) is 0 Å². The fraction of sp³-hybridized carbons (Fsp3) is 0.320.